The number of unbranched alkanes of at least 4 members (excludes halogenated alkanes) is 39. The molecule has 0 saturated carbocycles. The van der Waals surface area contributed by atoms with Crippen LogP contribution < -0.4 is 0 Å². The Balaban J connectivity index is 4.33. The second kappa shape index (κ2) is 63.6. The van der Waals surface area contributed by atoms with E-state index in [-0.39, 0.29) is 31.1 Å². The van der Waals surface area contributed by atoms with Crippen molar-refractivity contribution in [1.29, 1.82) is 0 Å². The van der Waals surface area contributed by atoms with E-state index >= 15 is 0 Å². The predicted octanol–water partition coefficient (Wildman–Crippen LogP) is 22.3. The van der Waals surface area contributed by atoms with Crippen molar-refractivity contribution in [3.05, 3.63) is 60.8 Å². The van der Waals surface area contributed by atoms with Crippen molar-refractivity contribution in [2.24, 2.45) is 0 Å². The first-order valence-corrected chi connectivity index (χ1v) is 32.8. The molecule has 0 amide bonds. The number of hydrogen-bond acceptors (Lipinski definition) is 6. The fraction of sp³-hybridized carbons (Fsp3) is 0.812. The summed E-state index contributed by atoms with van der Waals surface area (Å²) in [4.78, 5) is 38.4. The highest BCUT2D eigenvalue weighted by molar-refractivity contribution is 5.71. The molecule has 0 radical (unpaired) electrons. The molecule has 0 spiro atoms. The van der Waals surface area contributed by atoms with Gasteiger partial charge in [-0.15, -0.1) is 0 Å². The maximum Gasteiger partial charge on any atom is 0.306 e. The normalized spacial score (nSPS) is 12.4. The van der Waals surface area contributed by atoms with Gasteiger partial charge in [0.2, 0.25) is 0 Å². The highest BCUT2D eigenvalue weighted by Crippen LogP contribution is 2.17. The number of hydrogen-bond donors (Lipinski definition) is 0. The van der Waals surface area contributed by atoms with E-state index in [1.807, 2.05) is 0 Å². The first-order chi connectivity index (χ1) is 37.0. The Kier molecular flexibility index (Phi) is 61.2. The molecule has 0 bridgehead atoms. The standard InChI is InChI=1S/C69H124O6/c1-4-7-10-13-16-19-22-25-28-30-32-34-36-38-41-44-47-50-53-56-59-62-68(71)74-65-66(64-73-67(70)61-58-55-52-49-46-43-40-27-24-21-18-15-12-9-6-3)75-69(72)63-60-57-54-51-48-45-42-39-37-35-33-31-29-26-23-20-17-14-11-8-5-2/h9,12,18,21,25-29,40,66H,4-8,10-11,13-17,19-20,22-24,30-39,41-65H2,1-3H3/b12-9-,21-18-,28-25-,29-26-,40-27-/t66-/m1/s1. The number of ether oxygens (including phenoxy) is 3. The van der Waals surface area contributed by atoms with Crippen molar-refractivity contribution in [2.45, 2.75) is 348 Å². The summed E-state index contributed by atoms with van der Waals surface area (Å²) in [6.45, 7) is 6.55. The second-order valence-electron chi connectivity index (χ2n) is 22.0. The monoisotopic (exact) mass is 1050 g/mol. The molecule has 436 valence electrons. The lowest BCUT2D eigenvalue weighted by atomic mass is 10.0. The summed E-state index contributed by atoms with van der Waals surface area (Å²) in [5.74, 6) is -0.879. The van der Waals surface area contributed by atoms with Crippen LogP contribution in [-0.4, -0.2) is 37.2 Å². The van der Waals surface area contributed by atoms with Gasteiger partial charge in [0, 0.05) is 19.3 Å². The fourth-order valence-electron chi connectivity index (χ4n) is 9.57. The molecule has 0 aliphatic heterocycles. The van der Waals surface area contributed by atoms with Crippen LogP contribution in [0.15, 0.2) is 60.8 Å². The van der Waals surface area contributed by atoms with Gasteiger partial charge in [0.05, 0.1) is 0 Å². The van der Waals surface area contributed by atoms with Gasteiger partial charge in [0.1, 0.15) is 13.2 Å². The van der Waals surface area contributed by atoms with Crippen molar-refractivity contribution < 1.29 is 28.6 Å². The predicted molar refractivity (Wildman–Crippen MR) is 325 cm³/mol. The van der Waals surface area contributed by atoms with Gasteiger partial charge in [-0.25, -0.2) is 0 Å². The van der Waals surface area contributed by atoms with Gasteiger partial charge in [-0.05, 0) is 103 Å². The maximum absolute atomic E-state index is 12.9. The molecule has 6 nitrogen and oxygen atoms in total. The average molecular weight is 1050 g/mol. The number of carbonyl (C=O) groups excluding carboxylic acids is 3. The van der Waals surface area contributed by atoms with E-state index in [1.165, 1.54) is 205 Å². The van der Waals surface area contributed by atoms with Gasteiger partial charge >= 0.3 is 17.9 Å². The summed E-state index contributed by atoms with van der Waals surface area (Å²) < 4.78 is 16.9. The molecule has 0 aliphatic carbocycles. The van der Waals surface area contributed by atoms with Crippen molar-refractivity contribution in [2.75, 3.05) is 13.2 Å². The lowest BCUT2D eigenvalue weighted by Crippen LogP contribution is -2.30. The molecule has 0 aliphatic rings. The zero-order valence-electron chi connectivity index (χ0n) is 50.1. The molecule has 0 rings (SSSR count). The lowest BCUT2D eigenvalue weighted by Gasteiger charge is -2.18. The van der Waals surface area contributed by atoms with Gasteiger partial charge in [0.25, 0.3) is 0 Å². The Morgan fingerprint density at radius 3 is 0.827 bits per heavy atom. The van der Waals surface area contributed by atoms with Crippen LogP contribution in [0.5, 0.6) is 0 Å². The summed E-state index contributed by atoms with van der Waals surface area (Å²) in [5, 5.41) is 0. The number of allylic oxidation sites excluding steroid dienone is 10. The molecule has 1 atom stereocenters. The first kappa shape index (κ1) is 72.1. The molecule has 75 heavy (non-hydrogen) atoms. The third-order valence-electron chi connectivity index (χ3n) is 14.5. The van der Waals surface area contributed by atoms with Gasteiger partial charge in [-0.1, -0.05) is 281 Å². The third-order valence-corrected chi connectivity index (χ3v) is 14.5. The molecule has 0 aromatic heterocycles. The number of carbonyl (C=O) groups is 3. The molecular weight excluding hydrogens is 925 g/mol. The summed E-state index contributed by atoms with van der Waals surface area (Å²) >= 11 is 0. The molecule has 0 fully saturated rings. The van der Waals surface area contributed by atoms with Crippen LogP contribution in [0.2, 0.25) is 0 Å². The minimum atomic E-state index is -0.783. The minimum absolute atomic E-state index is 0.0782. The second-order valence-corrected chi connectivity index (χ2v) is 22.0. The smallest absolute Gasteiger partial charge is 0.306 e. The average Bonchev–Trinajstić information content (AvgIpc) is 3.41. The van der Waals surface area contributed by atoms with E-state index in [2.05, 4.69) is 81.5 Å². The van der Waals surface area contributed by atoms with Crippen molar-refractivity contribution in [3.63, 3.8) is 0 Å². The molecule has 6 heteroatoms. The van der Waals surface area contributed by atoms with Crippen molar-refractivity contribution >= 4 is 17.9 Å². The van der Waals surface area contributed by atoms with Crippen LogP contribution in [0.25, 0.3) is 0 Å². The minimum Gasteiger partial charge on any atom is -0.462 e. The topological polar surface area (TPSA) is 78.9 Å². The fourth-order valence-corrected chi connectivity index (χ4v) is 9.57. The Hall–Kier alpha value is -2.89. The van der Waals surface area contributed by atoms with E-state index < -0.39 is 6.10 Å². The molecular formula is C69H124O6. The highest BCUT2D eigenvalue weighted by Gasteiger charge is 2.19. The molecule has 0 N–H and O–H groups in total. The quantitative estimate of drug-likeness (QED) is 0.0261. The van der Waals surface area contributed by atoms with Gasteiger partial charge in [0.15, 0.2) is 6.10 Å². The summed E-state index contributed by atoms with van der Waals surface area (Å²) in [7, 11) is 0. The Bertz CT molecular complexity index is 1340. The highest BCUT2D eigenvalue weighted by atomic mass is 16.6. The van der Waals surface area contributed by atoms with Gasteiger partial charge in [-0.2, -0.15) is 0 Å². The zero-order valence-corrected chi connectivity index (χ0v) is 50.1. The molecule has 0 heterocycles. The van der Waals surface area contributed by atoms with Crippen LogP contribution in [-0.2, 0) is 28.6 Å². The Morgan fingerprint density at radius 2 is 0.520 bits per heavy atom. The van der Waals surface area contributed by atoms with E-state index in [1.54, 1.807) is 0 Å². The summed E-state index contributed by atoms with van der Waals surface area (Å²) in [6.07, 6.45) is 80.9. The van der Waals surface area contributed by atoms with Gasteiger partial charge < -0.3 is 14.2 Å². The molecule has 0 aromatic carbocycles. The number of esters is 3. The van der Waals surface area contributed by atoms with Crippen LogP contribution in [0.4, 0.5) is 0 Å². The van der Waals surface area contributed by atoms with Crippen LogP contribution in [0, 0.1) is 0 Å². The van der Waals surface area contributed by atoms with E-state index in [4.69, 9.17) is 14.2 Å². The molecule has 0 unspecified atom stereocenters. The summed E-state index contributed by atoms with van der Waals surface area (Å²) in [5.41, 5.74) is 0. The largest absolute Gasteiger partial charge is 0.462 e. The van der Waals surface area contributed by atoms with E-state index in [9.17, 15) is 14.4 Å². The zero-order chi connectivity index (χ0) is 54.3. The maximum atomic E-state index is 12.9. The first-order valence-electron chi connectivity index (χ1n) is 32.8. The third kappa shape index (κ3) is 61.8. The van der Waals surface area contributed by atoms with E-state index in [0.717, 1.165) is 96.3 Å². The lowest BCUT2D eigenvalue weighted by molar-refractivity contribution is -0.167. The Labute approximate surface area is 466 Å². The molecule has 0 aromatic rings. The van der Waals surface area contributed by atoms with E-state index in [0.29, 0.717) is 19.3 Å². The van der Waals surface area contributed by atoms with Crippen LogP contribution in [0.3, 0.4) is 0 Å². The molecule has 0 saturated heterocycles. The summed E-state index contributed by atoms with van der Waals surface area (Å²) in [6, 6.07) is 0. The van der Waals surface area contributed by atoms with Crippen molar-refractivity contribution in [1.82, 2.24) is 0 Å². The Morgan fingerprint density at radius 1 is 0.280 bits per heavy atom. The van der Waals surface area contributed by atoms with Crippen LogP contribution >= 0.6 is 0 Å². The van der Waals surface area contributed by atoms with Gasteiger partial charge in [-0.3, -0.25) is 14.4 Å². The van der Waals surface area contributed by atoms with Crippen LogP contribution in [0.1, 0.15) is 342 Å². The van der Waals surface area contributed by atoms with Crippen molar-refractivity contribution in [3.8, 4) is 0 Å². The SMILES string of the molecule is CC/C=C\C/C=C\C/C=C\CCCCCCCC(=O)OC[C@H](COC(=O)CCCCCCCCCCCCC/C=C\CCCCCCCC)OC(=O)CCCCCCCCCCCCC/C=C\CCCCCCCC. The number of rotatable bonds is 60.